The monoisotopic (exact) mass is 586 g/mol. The van der Waals surface area contributed by atoms with Crippen LogP contribution in [-0.4, -0.2) is 133 Å². The van der Waals surface area contributed by atoms with Gasteiger partial charge >= 0.3 is 18.3 Å². The van der Waals surface area contributed by atoms with Gasteiger partial charge in [0.1, 0.15) is 5.60 Å². The summed E-state index contributed by atoms with van der Waals surface area (Å²) in [6.07, 6.45) is 0.937. The first-order chi connectivity index (χ1) is 18.8. The lowest BCUT2D eigenvalue weighted by Gasteiger charge is -2.38. The highest BCUT2D eigenvalue weighted by Gasteiger charge is 2.25. The van der Waals surface area contributed by atoms with Crippen LogP contribution in [0.5, 0.6) is 0 Å². The number of β-amino-alcohol motifs (C(OH)–C–C–N with tert-alkyl or cyclic N) is 1. The topological polar surface area (TPSA) is 128 Å². The van der Waals surface area contributed by atoms with E-state index in [0.717, 1.165) is 71.9 Å². The van der Waals surface area contributed by atoms with E-state index in [2.05, 4.69) is 61.1 Å². The van der Waals surface area contributed by atoms with E-state index in [1.807, 2.05) is 27.7 Å². The minimum atomic E-state index is -0.477. The Balaban J connectivity index is 0. The number of aliphatic hydroxyl groups excluding tert-OH is 1. The standard InChI is InChI=1S/C28H58N4O3.2CO2/c1-11-24(33)20-29-12-13-30(21-25(34)35-28(8,9)10)15-17-32(23-27(5,6)7)19-18-31(16-14-29)22-26(2,3)4;2*2-1-3/h24,33H,11-23H2,1-10H3;;. The van der Waals surface area contributed by atoms with E-state index in [0.29, 0.717) is 13.1 Å². The molecule has 1 atom stereocenters. The third-order valence-corrected chi connectivity index (χ3v) is 6.04. The molecule has 1 unspecified atom stereocenters. The third-order valence-electron chi connectivity index (χ3n) is 6.04. The highest BCUT2D eigenvalue weighted by Crippen LogP contribution is 2.18. The van der Waals surface area contributed by atoms with Crippen LogP contribution in [0.4, 0.5) is 0 Å². The number of carbonyl (C=O) groups excluding carboxylic acids is 5. The van der Waals surface area contributed by atoms with Crippen molar-refractivity contribution in [3.05, 3.63) is 0 Å². The third kappa shape index (κ3) is 26.7. The number of hydrogen-bond acceptors (Lipinski definition) is 11. The van der Waals surface area contributed by atoms with Crippen LogP contribution in [0, 0.1) is 10.8 Å². The summed E-state index contributed by atoms with van der Waals surface area (Å²) in [5.74, 6) is -0.163. The molecule has 11 heteroatoms. The van der Waals surface area contributed by atoms with E-state index in [9.17, 15) is 9.90 Å². The van der Waals surface area contributed by atoms with E-state index >= 15 is 0 Å². The van der Waals surface area contributed by atoms with Gasteiger partial charge in [0, 0.05) is 72.0 Å². The Hall–Kier alpha value is -1.97. The Morgan fingerprint density at radius 3 is 1.29 bits per heavy atom. The summed E-state index contributed by atoms with van der Waals surface area (Å²) < 4.78 is 5.64. The lowest BCUT2D eigenvalue weighted by atomic mass is 9.95. The molecule has 0 saturated carbocycles. The lowest BCUT2D eigenvalue weighted by Crippen LogP contribution is -2.50. The summed E-state index contributed by atoms with van der Waals surface area (Å²) in [4.78, 5) is 54.9. The molecule has 0 radical (unpaired) electrons. The number of nitrogens with zero attached hydrogens (tertiary/aromatic N) is 4. The predicted octanol–water partition coefficient (Wildman–Crippen LogP) is 2.25. The normalized spacial score (nSPS) is 18.1. The fourth-order valence-corrected chi connectivity index (χ4v) is 4.56. The van der Waals surface area contributed by atoms with Gasteiger partial charge in [-0.3, -0.25) is 14.6 Å². The first-order valence-corrected chi connectivity index (χ1v) is 14.6. The second-order valence-corrected chi connectivity index (χ2v) is 14.1. The van der Waals surface area contributed by atoms with Crippen LogP contribution in [0.3, 0.4) is 0 Å². The molecular weight excluding hydrogens is 528 g/mol. The number of hydrogen-bond donors (Lipinski definition) is 1. The second-order valence-electron chi connectivity index (χ2n) is 14.1. The minimum Gasteiger partial charge on any atom is -0.459 e. The Morgan fingerprint density at radius 1 is 0.683 bits per heavy atom. The summed E-state index contributed by atoms with van der Waals surface area (Å²) >= 11 is 0. The smallest absolute Gasteiger partial charge is 0.373 e. The van der Waals surface area contributed by atoms with E-state index in [-0.39, 0.29) is 35.2 Å². The van der Waals surface area contributed by atoms with Gasteiger partial charge < -0.3 is 19.6 Å². The van der Waals surface area contributed by atoms with Gasteiger partial charge in [0.2, 0.25) is 0 Å². The quantitative estimate of drug-likeness (QED) is 0.441. The van der Waals surface area contributed by atoms with Crippen LogP contribution in [0.2, 0.25) is 0 Å². The molecule has 0 aromatic rings. The first-order valence-electron chi connectivity index (χ1n) is 14.6. The molecule has 240 valence electrons. The van der Waals surface area contributed by atoms with E-state index in [1.165, 1.54) is 0 Å². The number of ether oxygens (including phenoxy) is 1. The molecule has 1 heterocycles. The number of rotatable bonds is 7. The summed E-state index contributed by atoms with van der Waals surface area (Å²) in [6, 6.07) is 0. The van der Waals surface area contributed by atoms with Crippen molar-refractivity contribution in [3.8, 4) is 0 Å². The summed E-state index contributed by atoms with van der Waals surface area (Å²) in [5.41, 5.74) is -0.0193. The van der Waals surface area contributed by atoms with Gasteiger partial charge in [-0.2, -0.15) is 19.2 Å². The average molecular weight is 587 g/mol. The Bertz CT molecular complexity index is 763. The summed E-state index contributed by atoms with van der Waals surface area (Å²) in [6.45, 7) is 32.0. The molecule has 1 aliphatic rings. The molecule has 1 N–H and O–H groups in total. The van der Waals surface area contributed by atoms with E-state index < -0.39 is 5.60 Å². The Kier molecular flexibility index (Phi) is 20.9. The molecular formula is C30H58N4O7. The van der Waals surface area contributed by atoms with Crippen LogP contribution >= 0.6 is 0 Å². The molecule has 0 aliphatic carbocycles. The van der Waals surface area contributed by atoms with Crippen molar-refractivity contribution in [2.45, 2.75) is 87.4 Å². The van der Waals surface area contributed by atoms with Crippen LogP contribution < -0.4 is 0 Å². The zero-order valence-corrected chi connectivity index (χ0v) is 27.5. The van der Waals surface area contributed by atoms with Gasteiger partial charge in [-0.1, -0.05) is 48.5 Å². The molecule has 0 amide bonds. The molecule has 0 spiro atoms. The van der Waals surface area contributed by atoms with Crippen molar-refractivity contribution in [1.29, 1.82) is 0 Å². The maximum atomic E-state index is 12.7. The largest absolute Gasteiger partial charge is 0.459 e. The van der Waals surface area contributed by atoms with Gasteiger partial charge in [-0.25, -0.2) is 0 Å². The van der Waals surface area contributed by atoms with Gasteiger partial charge in [-0.15, -0.1) is 0 Å². The highest BCUT2D eigenvalue weighted by molar-refractivity contribution is 5.72. The molecule has 0 bridgehead atoms. The maximum Gasteiger partial charge on any atom is 0.373 e. The Labute approximate surface area is 248 Å². The van der Waals surface area contributed by atoms with Gasteiger partial charge in [-0.05, 0) is 38.0 Å². The lowest BCUT2D eigenvalue weighted by molar-refractivity contribution is -0.193. The van der Waals surface area contributed by atoms with Crippen LogP contribution in [0.1, 0.15) is 75.7 Å². The molecule has 0 aromatic heterocycles. The molecule has 0 aromatic carbocycles. The summed E-state index contributed by atoms with van der Waals surface area (Å²) in [7, 11) is 0. The fraction of sp³-hybridized carbons (Fsp3) is 0.900. The second kappa shape index (κ2) is 20.8. The van der Waals surface area contributed by atoms with Crippen LogP contribution in [0.15, 0.2) is 0 Å². The van der Waals surface area contributed by atoms with Gasteiger partial charge in [0.05, 0.1) is 12.6 Å². The predicted molar refractivity (Wildman–Crippen MR) is 157 cm³/mol. The molecule has 11 nitrogen and oxygen atoms in total. The van der Waals surface area contributed by atoms with Crippen molar-refractivity contribution in [1.82, 2.24) is 19.6 Å². The Morgan fingerprint density at radius 2 is 1.00 bits per heavy atom. The van der Waals surface area contributed by atoms with E-state index in [1.54, 1.807) is 0 Å². The van der Waals surface area contributed by atoms with Gasteiger partial charge in [0.15, 0.2) is 0 Å². The fourth-order valence-electron chi connectivity index (χ4n) is 4.56. The average Bonchev–Trinajstić information content (AvgIpc) is 2.78. The summed E-state index contributed by atoms with van der Waals surface area (Å²) in [5, 5.41) is 10.4. The molecule has 1 rings (SSSR count). The number of carbonyl (C=O) groups is 1. The SMILES string of the molecule is CCC(O)CN1CCN(CC(=O)OC(C)(C)C)CCN(CC(C)(C)C)CCN(CC(C)(C)C)CC1.O=C=O.O=C=O. The molecule has 1 fully saturated rings. The number of aliphatic hydroxyl groups is 1. The number of esters is 1. The van der Waals surface area contributed by atoms with Gasteiger partial charge in [0.25, 0.3) is 0 Å². The van der Waals surface area contributed by atoms with Crippen LogP contribution in [0.25, 0.3) is 0 Å². The molecule has 1 saturated heterocycles. The highest BCUT2D eigenvalue weighted by atomic mass is 16.6. The van der Waals surface area contributed by atoms with Crippen LogP contribution in [-0.2, 0) is 28.7 Å². The first kappa shape index (κ1) is 41.2. The zero-order chi connectivity index (χ0) is 32.3. The van der Waals surface area contributed by atoms with Crippen molar-refractivity contribution >= 4 is 18.3 Å². The minimum absolute atomic E-state index is 0.163. The van der Waals surface area contributed by atoms with Crippen molar-refractivity contribution in [2.75, 3.05) is 78.5 Å². The van der Waals surface area contributed by atoms with Crippen molar-refractivity contribution < 1.29 is 33.8 Å². The molecule has 1 aliphatic heterocycles. The molecule has 41 heavy (non-hydrogen) atoms. The zero-order valence-electron chi connectivity index (χ0n) is 27.5. The van der Waals surface area contributed by atoms with E-state index in [4.69, 9.17) is 23.9 Å². The maximum absolute atomic E-state index is 12.7. The van der Waals surface area contributed by atoms with Crippen molar-refractivity contribution in [2.24, 2.45) is 10.8 Å². The van der Waals surface area contributed by atoms with Crippen molar-refractivity contribution in [3.63, 3.8) is 0 Å².